The van der Waals surface area contributed by atoms with Crippen molar-refractivity contribution in [2.24, 2.45) is 0 Å². The molecular weight excluding hydrogens is 456 g/mol. The van der Waals surface area contributed by atoms with Gasteiger partial charge in [-0.3, -0.25) is 0 Å². The molecule has 2 aromatic carbocycles. The zero-order valence-corrected chi connectivity index (χ0v) is 19.6. The molecule has 0 aromatic heterocycles. The summed E-state index contributed by atoms with van der Waals surface area (Å²) in [7, 11) is -6.59. The third-order valence-corrected chi connectivity index (χ3v) is 7.10. The molecule has 10 nitrogen and oxygen atoms in total. The van der Waals surface area contributed by atoms with Crippen LogP contribution >= 0.6 is 0 Å². The number of carbonyl (C=O) groups is 2. The fourth-order valence-corrected chi connectivity index (χ4v) is 4.45. The first kappa shape index (κ1) is 25.1. The lowest BCUT2D eigenvalue weighted by atomic mass is 10.2. The molecule has 0 spiro atoms. The molecule has 0 saturated carbocycles. The number of amides is 4. The Hall–Kier alpha value is -3.12. The molecule has 0 aliphatic rings. The monoisotopic (exact) mass is 482 g/mol. The van der Waals surface area contributed by atoms with E-state index in [1.807, 2.05) is 23.3 Å². The van der Waals surface area contributed by atoms with Gasteiger partial charge in [-0.05, 0) is 44.5 Å². The van der Waals surface area contributed by atoms with Crippen molar-refractivity contribution in [1.29, 1.82) is 0 Å². The van der Waals surface area contributed by atoms with Crippen LogP contribution in [0.2, 0.25) is 0 Å². The molecule has 174 valence electrons. The molecule has 0 aliphatic carbocycles. The maximum atomic E-state index is 12.3. The van der Waals surface area contributed by atoms with Crippen LogP contribution in [0, 0.1) is 13.8 Å². The minimum absolute atomic E-state index is 0.0297. The summed E-state index contributed by atoms with van der Waals surface area (Å²) in [5.41, 5.74) is 1.77. The van der Waals surface area contributed by atoms with Gasteiger partial charge in [0.15, 0.2) is 0 Å². The number of nitrogens with one attached hydrogen (secondary N) is 3. The lowest BCUT2D eigenvalue weighted by Gasteiger charge is -2.18. The summed E-state index contributed by atoms with van der Waals surface area (Å²) in [4.78, 5) is 25.1. The molecule has 2 rings (SSSR count). The number of hydrogen-bond acceptors (Lipinski definition) is 6. The molecule has 0 unspecified atom stereocenters. The zero-order valence-electron chi connectivity index (χ0n) is 18.0. The van der Waals surface area contributed by atoms with Gasteiger partial charge in [0, 0.05) is 20.1 Å². The summed E-state index contributed by atoms with van der Waals surface area (Å²) in [6.07, 6.45) is 0.270. The summed E-state index contributed by atoms with van der Waals surface area (Å²) in [5.74, 6) is 0. The van der Waals surface area contributed by atoms with Gasteiger partial charge in [-0.1, -0.05) is 35.4 Å². The Morgan fingerprint density at radius 1 is 0.781 bits per heavy atom. The van der Waals surface area contributed by atoms with Gasteiger partial charge in [-0.2, -0.15) is 0 Å². The Bertz CT molecular complexity index is 1160. The van der Waals surface area contributed by atoms with E-state index in [2.05, 4.69) is 5.32 Å². The van der Waals surface area contributed by atoms with Gasteiger partial charge in [0.25, 0.3) is 20.0 Å². The van der Waals surface area contributed by atoms with Crippen molar-refractivity contribution in [2.45, 2.75) is 30.1 Å². The number of nitrogens with zero attached hydrogens (tertiary/aromatic N) is 1. The lowest BCUT2D eigenvalue weighted by Crippen LogP contribution is -2.43. The largest absolute Gasteiger partial charge is 0.337 e. The van der Waals surface area contributed by atoms with Crippen molar-refractivity contribution in [3.63, 3.8) is 0 Å². The molecule has 0 fully saturated rings. The first-order valence-electron chi connectivity index (χ1n) is 9.62. The average molecular weight is 483 g/mol. The number of aryl methyl sites for hydroxylation is 2. The zero-order chi connectivity index (χ0) is 23.9. The fourth-order valence-electron chi connectivity index (χ4n) is 2.52. The van der Waals surface area contributed by atoms with Crippen LogP contribution < -0.4 is 14.8 Å². The van der Waals surface area contributed by atoms with Crippen LogP contribution in [0.15, 0.2) is 58.3 Å². The van der Waals surface area contributed by atoms with Crippen LogP contribution in [0.4, 0.5) is 9.59 Å². The minimum Gasteiger partial charge on any atom is -0.337 e. The molecular formula is C20H26N4O6S2. The standard InChI is InChI=1S/C20H26N4O6S2/c1-15-5-9-17(10-6-15)31(27,28)22-19(25)21-13-4-14-24(3)20(26)23-32(29,30)18-11-7-16(2)8-12-18/h5-12H,4,13-14H2,1-3H3,(H,23,26)(H2,21,22,25). The second-order valence-corrected chi connectivity index (χ2v) is 10.5. The summed E-state index contributed by atoms with van der Waals surface area (Å²) < 4.78 is 52.7. The van der Waals surface area contributed by atoms with E-state index in [4.69, 9.17) is 0 Å². The number of rotatable bonds is 8. The Balaban J connectivity index is 1.78. The molecule has 32 heavy (non-hydrogen) atoms. The van der Waals surface area contributed by atoms with Crippen molar-refractivity contribution in [2.75, 3.05) is 20.1 Å². The Labute approximate surface area is 188 Å². The molecule has 0 radical (unpaired) electrons. The van der Waals surface area contributed by atoms with Crippen LogP contribution in [0.5, 0.6) is 0 Å². The molecule has 2 aromatic rings. The highest BCUT2D eigenvalue weighted by atomic mass is 32.2. The van der Waals surface area contributed by atoms with Crippen molar-refractivity contribution >= 4 is 32.1 Å². The van der Waals surface area contributed by atoms with Crippen LogP contribution in [0.3, 0.4) is 0 Å². The fraction of sp³-hybridized carbons (Fsp3) is 0.300. The number of hydrogen-bond donors (Lipinski definition) is 3. The van der Waals surface area contributed by atoms with Crippen molar-refractivity contribution in [1.82, 2.24) is 19.7 Å². The number of sulfonamides is 2. The molecule has 0 atom stereocenters. The first-order valence-corrected chi connectivity index (χ1v) is 12.6. The maximum absolute atomic E-state index is 12.3. The van der Waals surface area contributed by atoms with Crippen LogP contribution in [0.1, 0.15) is 17.5 Å². The smallest absolute Gasteiger partial charge is 0.331 e. The highest BCUT2D eigenvalue weighted by Crippen LogP contribution is 2.11. The van der Waals surface area contributed by atoms with Gasteiger partial charge < -0.3 is 10.2 Å². The van der Waals surface area contributed by atoms with E-state index in [0.717, 1.165) is 16.0 Å². The quantitative estimate of drug-likeness (QED) is 0.489. The van der Waals surface area contributed by atoms with Crippen LogP contribution in [-0.4, -0.2) is 53.9 Å². The Kier molecular flexibility index (Phi) is 8.22. The van der Waals surface area contributed by atoms with Crippen LogP contribution in [0.25, 0.3) is 0 Å². The molecule has 0 heterocycles. The summed E-state index contributed by atoms with van der Waals surface area (Å²) in [6.45, 7) is 3.82. The predicted molar refractivity (Wildman–Crippen MR) is 119 cm³/mol. The van der Waals surface area contributed by atoms with E-state index in [9.17, 15) is 26.4 Å². The third-order valence-electron chi connectivity index (χ3n) is 4.41. The van der Waals surface area contributed by atoms with Gasteiger partial charge in [-0.25, -0.2) is 35.9 Å². The third kappa shape index (κ3) is 7.24. The van der Waals surface area contributed by atoms with E-state index in [1.54, 1.807) is 24.3 Å². The van der Waals surface area contributed by atoms with Crippen molar-refractivity contribution < 1.29 is 26.4 Å². The summed E-state index contributed by atoms with van der Waals surface area (Å²) in [5, 5.41) is 2.39. The number of urea groups is 2. The van der Waals surface area contributed by atoms with Gasteiger partial charge >= 0.3 is 12.1 Å². The summed E-state index contributed by atoms with van der Waals surface area (Å²) >= 11 is 0. The molecule has 0 saturated heterocycles. The minimum atomic E-state index is -4.00. The SMILES string of the molecule is Cc1ccc(S(=O)(=O)NC(=O)NCCCN(C)C(=O)NS(=O)(=O)c2ccc(C)cc2)cc1. The number of benzene rings is 2. The normalized spacial score (nSPS) is 11.5. The maximum Gasteiger partial charge on any atom is 0.331 e. The second kappa shape index (κ2) is 10.5. The lowest BCUT2D eigenvalue weighted by molar-refractivity contribution is 0.214. The van der Waals surface area contributed by atoms with Gasteiger partial charge in [-0.15, -0.1) is 0 Å². The molecule has 3 N–H and O–H groups in total. The van der Waals surface area contributed by atoms with Crippen molar-refractivity contribution in [3.8, 4) is 0 Å². The van der Waals surface area contributed by atoms with Gasteiger partial charge in [0.1, 0.15) is 0 Å². The van der Waals surface area contributed by atoms with E-state index >= 15 is 0 Å². The molecule has 0 bridgehead atoms. The molecule has 12 heteroatoms. The Morgan fingerprint density at radius 3 is 1.69 bits per heavy atom. The van der Waals surface area contributed by atoms with E-state index in [1.165, 1.54) is 31.3 Å². The van der Waals surface area contributed by atoms with E-state index in [0.29, 0.717) is 0 Å². The summed E-state index contributed by atoms with van der Waals surface area (Å²) in [6, 6.07) is 10.3. The van der Waals surface area contributed by atoms with Gasteiger partial charge in [0.05, 0.1) is 9.79 Å². The topological polar surface area (TPSA) is 142 Å². The molecule has 4 amide bonds. The highest BCUT2D eigenvalue weighted by molar-refractivity contribution is 7.90. The predicted octanol–water partition coefficient (Wildman–Crippen LogP) is 1.71. The van der Waals surface area contributed by atoms with E-state index < -0.39 is 32.1 Å². The average Bonchev–Trinajstić information content (AvgIpc) is 2.71. The van der Waals surface area contributed by atoms with E-state index in [-0.39, 0.29) is 29.3 Å². The highest BCUT2D eigenvalue weighted by Gasteiger charge is 2.20. The second-order valence-electron chi connectivity index (χ2n) is 7.17. The number of carbonyl (C=O) groups excluding carboxylic acids is 2. The van der Waals surface area contributed by atoms with Crippen molar-refractivity contribution in [3.05, 3.63) is 59.7 Å². The van der Waals surface area contributed by atoms with Gasteiger partial charge in [0.2, 0.25) is 0 Å². The first-order chi connectivity index (χ1) is 14.9. The molecule has 0 aliphatic heterocycles. The van der Waals surface area contributed by atoms with Crippen LogP contribution in [-0.2, 0) is 20.0 Å². The Morgan fingerprint density at radius 2 is 1.22 bits per heavy atom.